The van der Waals surface area contributed by atoms with Gasteiger partial charge in [-0.2, -0.15) is 0 Å². The average Bonchev–Trinajstić information content (AvgIpc) is 3.35. The Morgan fingerprint density at radius 2 is 1.91 bits per heavy atom. The molecule has 0 unspecified atom stereocenters. The Kier molecular flexibility index (Phi) is 13.1. The molecule has 2 aromatic rings. The summed E-state index contributed by atoms with van der Waals surface area (Å²) < 4.78 is 6.06. The van der Waals surface area contributed by atoms with E-state index in [-0.39, 0.29) is 6.10 Å². The first-order valence-electron chi connectivity index (χ1n) is 13.2. The lowest BCUT2D eigenvalue weighted by molar-refractivity contribution is -0.143. The number of halogens is 1. The van der Waals surface area contributed by atoms with Crippen molar-refractivity contribution in [2.75, 3.05) is 31.6 Å². The molecule has 1 aromatic heterocycles. The number of aryl methyl sites for hydroxylation is 2. The molecule has 194 valence electrons. The van der Waals surface area contributed by atoms with Crippen molar-refractivity contribution in [3.63, 3.8) is 0 Å². The lowest BCUT2D eigenvalue weighted by atomic mass is 10.1. The van der Waals surface area contributed by atoms with Crippen LogP contribution in [-0.2, 0) is 22.4 Å². The molecule has 4 rings (SSSR count). The third-order valence-electron chi connectivity index (χ3n) is 6.09. The molecule has 35 heavy (non-hydrogen) atoms. The van der Waals surface area contributed by atoms with Crippen molar-refractivity contribution in [3.8, 4) is 0 Å². The van der Waals surface area contributed by atoms with Gasteiger partial charge in [0.2, 0.25) is 0 Å². The highest BCUT2D eigenvalue weighted by molar-refractivity contribution is 6.30. The van der Waals surface area contributed by atoms with Crippen molar-refractivity contribution < 1.29 is 14.6 Å². The van der Waals surface area contributed by atoms with Crippen molar-refractivity contribution in [2.24, 2.45) is 0 Å². The number of nitrogens with zero attached hydrogens (tertiary/aromatic N) is 2. The number of likely N-dealkylation sites (tertiary alicyclic amines) is 1. The van der Waals surface area contributed by atoms with E-state index in [0.717, 1.165) is 62.3 Å². The number of anilines is 1. The van der Waals surface area contributed by atoms with Crippen LogP contribution in [0, 0.1) is 0 Å². The minimum atomic E-state index is -0.838. The fourth-order valence-electron chi connectivity index (χ4n) is 4.45. The fourth-order valence-corrected chi connectivity index (χ4v) is 4.57. The molecule has 2 aliphatic rings. The van der Waals surface area contributed by atoms with Gasteiger partial charge in [-0.1, -0.05) is 57.5 Å². The van der Waals surface area contributed by atoms with E-state index >= 15 is 0 Å². The maximum absolute atomic E-state index is 11.9. The third-order valence-corrected chi connectivity index (χ3v) is 6.35. The first-order valence-corrected chi connectivity index (χ1v) is 13.5. The maximum atomic E-state index is 11.9. The predicted octanol–water partition coefficient (Wildman–Crippen LogP) is 6.39. The predicted molar refractivity (Wildman–Crippen MR) is 144 cm³/mol. The van der Waals surface area contributed by atoms with Crippen LogP contribution >= 0.6 is 11.6 Å². The van der Waals surface area contributed by atoms with Gasteiger partial charge in [-0.15, -0.1) is 0 Å². The molecule has 2 atom stereocenters. The van der Waals surface area contributed by atoms with Gasteiger partial charge in [0.25, 0.3) is 0 Å². The number of carbonyl (C=O) groups is 1. The summed E-state index contributed by atoms with van der Waals surface area (Å²) in [7, 11) is 0. The summed E-state index contributed by atoms with van der Waals surface area (Å²) in [6.07, 6.45) is 6.19. The molecule has 0 saturated carbocycles. The van der Waals surface area contributed by atoms with Gasteiger partial charge in [0, 0.05) is 37.0 Å². The minimum absolute atomic E-state index is 0.0835. The number of fused-ring (bicyclic) bond motifs is 1. The van der Waals surface area contributed by atoms with Crippen LogP contribution in [0.2, 0.25) is 5.02 Å². The van der Waals surface area contributed by atoms with Crippen molar-refractivity contribution in [2.45, 2.75) is 78.4 Å². The lowest BCUT2D eigenvalue weighted by Gasteiger charge is -2.24. The maximum Gasteiger partial charge on any atom is 0.325 e. The van der Waals surface area contributed by atoms with Gasteiger partial charge in [0.15, 0.2) is 0 Å². The normalized spacial score (nSPS) is 17.7. The highest BCUT2D eigenvalue weighted by atomic mass is 35.5. The molecule has 0 radical (unpaired) electrons. The number of carboxylic acids is 1. The zero-order valence-electron chi connectivity index (χ0n) is 21.7. The van der Waals surface area contributed by atoms with E-state index < -0.39 is 12.0 Å². The van der Waals surface area contributed by atoms with Crippen molar-refractivity contribution >= 4 is 23.4 Å². The summed E-state index contributed by atoms with van der Waals surface area (Å²) in [5, 5.41) is 13.7. The van der Waals surface area contributed by atoms with Gasteiger partial charge in [0.1, 0.15) is 11.9 Å². The van der Waals surface area contributed by atoms with Gasteiger partial charge >= 0.3 is 5.97 Å². The van der Waals surface area contributed by atoms with Crippen LogP contribution in [0.15, 0.2) is 36.4 Å². The van der Waals surface area contributed by atoms with Crippen molar-refractivity contribution in [3.05, 3.63) is 58.2 Å². The Morgan fingerprint density at radius 1 is 1.17 bits per heavy atom. The molecule has 0 spiro atoms. The number of carboxylic acid groups (broad SMARTS) is 1. The van der Waals surface area contributed by atoms with E-state index in [1.807, 2.05) is 32.6 Å². The number of aliphatic carboxylic acids is 1. The van der Waals surface area contributed by atoms with E-state index in [1.165, 1.54) is 12.0 Å². The summed E-state index contributed by atoms with van der Waals surface area (Å²) in [6.45, 7) is 11.1. The van der Waals surface area contributed by atoms with E-state index in [1.54, 1.807) is 24.3 Å². The second-order valence-corrected chi connectivity index (χ2v) is 8.80. The first-order chi connectivity index (χ1) is 17.1. The van der Waals surface area contributed by atoms with Crippen LogP contribution < -0.4 is 5.32 Å². The standard InChI is InChI=1S/C24H30ClN3O3.2C2H6/c25-19-9-6-17(7-10-19)22(24(29)30)28-14-12-21(16-28)31-15-2-1-5-20-11-8-18-4-3-13-26-23(18)27-20;2*1-2/h6-11,21-22H,1-5,12-16H2,(H,26,27)(H,29,30);2*1-2H3/t21-,22-;;/m1../s1. The SMILES string of the molecule is CC.CC.O=C(O)[C@@H](c1ccc(Cl)cc1)N1CC[C@@H](OCCCCc2ccc3c(n2)NCCC3)C1. The second-order valence-electron chi connectivity index (χ2n) is 8.37. The molecular weight excluding hydrogens is 462 g/mol. The van der Waals surface area contributed by atoms with Gasteiger partial charge in [-0.05, 0) is 67.9 Å². The van der Waals surface area contributed by atoms with Crippen molar-refractivity contribution in [1.82, 2.24) is 9.88 Å². The van der Waals surface area contributed by atoms with Crippen LogP contribution in [0.5, 0.6) is 0 Å². The average molecular weight is 504 g/mol. The number of ether oxygens (including phenoxy) is 1. The largest absolute Gasteiger partial charge is 0.480 e. The molecule has 0 amide bonds. The van der Waals surface area contributed by atoms with Gasteiger partial charge in [-0.3, -0.25) is 9.69 Å². The minimum Gasteiger partial charge on any atom is -0.480 e. The number of aromatic nitrogens is 1. The summed E-state index contributed by atoms with van der Waals surface area (Å²) >= 11 is 5.94. The number of pyridine rings is 1. The molecule has 1 aromatic carbocycles. The molecule has 3 heterocycles. The summed E-state index contributed by atoms with van der Waals surface area (Å²) in [4.78, 5) is 18.6. The Hall–Kier alpha value is -2.15. The molecule has 1 fully saturated rings. The number of hydrogen-bond donors (Lipinski definition) is 2. The molecule has 2 aliphatic heterocycles. The van der Waals surface area contributed by atoms with Crippen LogP contribution in [0.3, 0.4) is 0 Å². The lowest BCUT2D eigenvalue weighted by Crippen LogP contribution is -2.33. The molecule has 0 bridgehead atoms. The molecule has 7 heteroatoms. The molecule has 2 N–H and O–H groups in total. The van der Waals surface area contributed by atoms with E-state index in [2.05, 4.69) is 17.4 Å². The molecule has 0 aliphatic carbocycles. The smallest absolute Gasteiger partial charge is 0.325 e. The molecule has 6 nitrogen and oxygen atoms in total. The third kappa shape index (κ3) is 8.78. The number of rotatable bonds is 9. The van der Waals surface area contributed by atoms with E-state index in [0.29, 0.717) is 18.2 Å². The van der Waals surface area contributed by atoms with Crippen LogP contribution in [0.4, 0.5) is 5.82 Å². The quantitative estimate of drug-likeness (QED) is 0.386. The molecular formula is C28H42ClN3O3. The van der Waals surface area contributed by atoms with Gasteiger partial charge in [-0.25, -0.2) is 4.98 Å². The van der Waals surface area contributed by atoms with Gasteiger partial charge < -0.3 is 15.2 Å². The number of unbranched alkanes of at least 4 members (excludes halogenated alkanes) is 1. The monoisotopic (exact) mass is 503 g/mol. The van der Waals surface area contributed by atoms with Crippen molar-refractivity contribution in [1.29, 1.82) is 0 Å². The Balaban J connectivity index is 0.00000103. The zero-order valence-corrected chi connectivity index (χ0v) is 22.5. The van der Waals surface area contributed by atoms with Crippen LogP contribution in [0.1, 0.15) is 76.2 Å². The highest BCUT2D eigenvalue weighted by Gasteiger charge is 2.33. The van der Waals surface area contributed by atoms with E-state index in [9.17, 15) is 9.90 Å². The number of nitrogens with one attached hydrogen (secondary N) is 1. The zero-order chi connectivity index (χ0) is 25.6. The Bertz CT molecular complexity index is 892. The van der Waals surface area contributed by atoms with Crippen LogP contribution in [-0.4, -0.2) is 53.3 Å². The summed E-state index contributed by atoms with van der Waals surface area (Å²) in [5.41, 5.74) is 3.21. The summed E-state index contributed by atoms with van der Waals surface area (Å²) in [6, 6.07) is 10.8. The van der Waals surface area contributed by atoms with E-state index in [4.69, 9.17) is 21.3 Å². The fraction of sp³-hybridized carbons (Fsp3) is 0.571. The number of hydrogen-bond acceptors (Lipinski definition) is 5. The highest BCUT2D eigenvalue weighted by Crippen LogP contribution is 2.28. The first kappa shape index (κ1) is 29.1. The number of benzene rings is 1. The summed E-state index contributed by atoms with van der Waals surface area (Å²) in [5.74, 6) is 0.217. The topological polar surface area (TPSA) is 74.7 Å². The second kappa shape index (κ2) is 15.8. The molecule has 1 saturated heterocycles. The Labute approximate surface area is 216 Å². The Morgan fingerprint density at radius 3 is 2.63 bits per heavy atom. The van der Waals surface area contributed by atoms with Gasteiger partial charge in [0.05, 0.1) is 6.10 Å². The van der Waals surface area contributed by atoms with Crippen LogP contribution in [0.25, 0.3) is 0 Å².